The summed E-state index contributed by atoms with van der Waals surface area (Å²) in [6, 6.07) is 12.8. The van der Waals surface area contributed by atoms with Gasteiger partial charge in [-0.25, -0.2) is 9.97 Å². The highest BCUT2D eigenvalue weighted by Crippen LogP contribution is 2.36. The largest absolute Gasteiger partial charge is 0.377 e. The molecule has 0 radical (unpaired) electrons. The summed E-state index contributed by atoms with van der Waals surface area (Å²) in [5.74, 6) is 1.08. The fourth-order valence-corrected chi connectivity index (χ4v) is 5.06. The summed E-state index contributed by atoms with van der Waals surface area (Å²) >= 11 is 1.75. The highest BCUT2D eigenvalue weighted by Gasteiger charge is 2.24. The molecule has 2 aliphatic heterocycles. The molecule has 0 saturated carbocycles. The SMILES string of the molecule is c1ccc(-c2cc3c(N4CCN(CC5CCCO5)CC4)ncnc3s2)cc1. The van der Waals surface area contributed by atoms with Crippen molar-refractivity contribution in [3.63, 3.8) is 0 Å². The molecule has 5 nitrogen and oxygen atoms in total. The summed E-state index contributed by atoms with van der Waals surface area (Å²) < 4.78 is 5.80. The Hall–Kier alpha value is -2.02. The second-order valence-electron chi connectivity index (χ2n) is 7.32. The Balaban J connectivity index is 1.34. The molecule has 1 atom stereocenters. The highest BCUT2D eigenvalue weighted by molar-refractivity contribution is 7.21. The first-order chi connectivity index (χ1) is 13.4. The molecule has 2 aromatic heterocycles. The lowest BCUT2D eigenvalue weighted by atomic mass is 10.1. The van der Waals surface area contributed by atoms with Crippen molar-refractivity contribution in [3.05, 3.63) is 42.7 Å². The molecule has 0 bridgehead atoms. The molecule has 1 aromatic carbocycles. The van der Waals surface area contributed by atoms with E-state index < -0.39 is 0 Å². The van der Waals surface area contributed by atoms with Crippen molar-refractivity contribution in [2.75, 3.05) is 44.2 Å². The minimum Gasteiger partial charge on any atom is -0.377 e. The number of piperazine rings is 1. The fourth-order valence-electron chi connectivity index (χ4n) is 4.06. The smallest absolute Gasteiger partial charge is 0.140 e. The fraction of sp³-hybridized carbons (Fsp3) is 0.429. The number of hydrogen-bond acceptors (Lipinski definition) is 6. The lowest BCUT2D eigenvalue weighted by molar-refractivity contribution is 0.0712. The van der Waals surface area contributed by atoms with Crippen LogP contribution in [0.15, 0.2) is 42.7 Å². The molecule has 2 fully saturated rings. The van der Waals surface area contributed by atoms with Gasteiger partial charge in [-0.3, -0.25) is 4.90 Å². The number of ether oxygens (including phenoxy) is 1. The van der Waals surface area contributed by atoms with Crippen molar-refractivity contribution >= 4 is 27.4 Å². The number of hydrogen-bond donors (Lipinski definition) is 0. The van der Waals surface area contributed by atoms with Gasteiger partial charge in [0.15, 0.2) is 0 Å². The van der Waals surface area contributed by atoms with E-state index in [1.807, 2.05) is 0 Å². The van der Waals surface area contributed by atoms with Crippen LogP contribution in [0.1, 0.15) is 12.8 Å². The summed E-state index contributed by atoms with van der Waals surface area (Å²) in [7, 11) is 0. The van der Waals surface area contributed by atoms with Gasteiger partial charge in [-0.15, -0.1) is 11.3 Å². The molecule has 27 heavy (non-hydrogen) atoms. The van der Waals surface area contributed by atoms with Crippen LogP contribution in [0.3, 0.4) is 0 Å². The van der Waals surface area contributed by atoms with Gasteiger partial charge < -0.3 is 9.64 Å². The summed E-state index contributed by atoms with van der Waals surface area (Å²) in [4.78, 5) is 16.4. The van der Waals surface area contributed by atoms with Crippen molar-refractivity contribution in [2.45, 2.75) is 18.9 Å². The molecule has 6 heteroatoms. The Morgan fingerprint density at radius 3 is 2.70 bits per heavy atom. The van der Waals surface area contributed by atoms with Crippen molar-refractivity contribution < 1.29 is 4.74 Å². The zero-order valence-corrected chi connectivity index (χ0v) is 16.2. The number of rotatable bonds is 4. The molecule has 1 unspecified atom stereocenters. The average molecular weight is 381 g/mol. The van der Waals surface area contributed by atoms with Crippen LogP contribution in [-0.2, 0) is 4.74 Å². The third-order valence-electron chi connectivity index (χ3n) is 5.52. The van der Waals surface area contributed by atoms with E-state index in [4.69, 9.17) is 4.74 Å². The normalized spacial score (nSPS) is 21.2. The van der Waals surface area contributed by atoms with E-state index in [1.165, 1.54) is 28.7 Å². The first kappa shape index (κ1) is 17.1. The van der Waals surface area contributed by atoms with Gasteiger partial charge >= 0.3 is 0 Å². The zero-order valence-electron chi connectivity index (χ0n) is 15.4. The maximum Gasteiger partial charge on any atom is 0.140 e. The summed E-state index contributed by atoms with van der Waals surface area (Å²) in [6.07, 6.45) is 4.57. The molecule has 140 valence electrons. The molecule has 2 saturated heterocycles. The minimum absolute atomic E-state index is 0.438. The molecule has 0 aliphatic carbocycles. The van der Waals surface area contributed by atoms with Crippen molar-refractivity contribution in [1.29, 1.82) is 0 Å². The van der Waals surface area contributed by atoms with Crippen LogP contribution < -0.4 is 4.90 Å². The zero-order chi connectivity index (χ0) is 18.1. The summed E-state index contributed by atoms with van der Waals surface area (Å²) in [6.45, 7) is 6.17. The van der Waals surface area contributed by atoms with Gasteiger partial charge in [0.05, 0.1) is 11.5 Å². The third-order valence-corrected chi connectivity index (χ3v) is 6.62. The van der Waals surface area contributed by atoms with Gasteiger partial charge in [-0.05, 0) is 24.5 Å². The van der Waals surface area contributed by atoms with E-state index in [-0.39, 0.29) is 0 Å². The molecular weight excluding hydrogens is 356 g/mol. The van der Waals surface area contributed by atoms with Crippen molar-refractivity contribution in [3.8, 4) is 10.4 Å². The second-order valence-corrected chi connectivity index (χ2v) is 8.35. The lowest BCUT2D eigenvalue weighted by Crippen LogP contribution is -2.48. The number of fused-ring (bicyclic) bond motifs is 1. The Morgan fingerprint density at radius 1 is 1.07 bits per heavy atom. The third kappa shape index (κ3) is 3.57. The van der Waals surface area contributed by atoms with E-state index in [2.05, 4.69) is 56.2 Å². The van der Waals surface area contributed by atoms with E-state index >= 15 is 0 Å². The molecule has 4 heterocycles. The van der Waals surface area contributed by atoms with Crippen LogP contribution in [-0.4, -0.2) is 60.3 Å². The number of nitrogens with zero attached hydrogens (tertiary/aromatic N) is 4. The number of benzene rings is 1. The van der Waals surface area contributed by atoms with Gasteiger partial charge in [-0.2, -0.15) is 0 Å². The Labute approximate surface area is 163 Å². The summed E-state index contributed by atoms with van der Waals surface area (Å²) in [5.41, 5.74) is 1.24. The topological polar surface area (TPSA) is 41.5 Å². The second kappa shape index (κ2) is 7.54. The first-order valence-electron chi connectivity index (χ1n) is 9.76. The van der Waals surface area contributed by atoms with Gasteiger partial charge in [0, 0.05) is 44.2 Å². The highest BCUT2D eigenvalue weighted by atomic mass is 32.1. The molecule has 0 amide bonds. The molecule has 5 rings (SSSR count). The van der Waals surface area contributed by atoms with Crippen LogP contribution in [0.5, 0.6) is 0 Å². The Morgan fingerprint density at radius 2 is 1.93 bits per heavy atom. The van der Waals surface area contributed by atoms with Crippen LogP contribution in [0.25, 0.3) is 20.7 Å². The molecule has 2 aliphatic rings. The standard InChI is InChI=1S/C21H24N4OS/c1-2-5-16(6-3-1)19-13-18-20(22-15-23-21(18)27-19)25-10-8-24(9-11-25)14-17-7-4-12-26-17/h1-3,5-6,13,15,17H,4,7-12,14H2. The van der Waals surface area contributed by atoms with E-state index in [0.717, 1.165) is 50.0 Å². The van der Waals surface area contributed by atoms with Gasteiger partial charge in [-0.1, -0.05) is 30.3 Å². The lowest BCUT2D eigenvalue weighted by Gasteiger charge is -2.36. The average Bonchev–Trinajstić information content (AvgIpc) is 3.39. The predicted octanol–water partition coefficient (Wildman–Crippen LogP) is 3.66. The maximum atomic E-state index is 5.80. The van der Waals surface area contributed by atoms with Gasteiger partial charge in [0.1, 0.15) is 17.0 Å². The van der Waals surface area contributed by atoms with E-state index in [0.29, 0.717) is 6.10 Å². The Kier molecular flexibility index (Phi) is 4.78. The van der Waals surface area contributed by atoms with Crippen molar-refractivity contribution in [2.24, 2.45) is 0 Å². The van der Waals surface area contributed by atoms with Crippen LogP contribution in [0.2, 0.25) is 0 Å². The first-order valence-corrected chi connectivity index (χ1v) is 10.6. The van der Waals surface area contributed by atoms with E-state index in [1.54, 1.807) is 17.7 Å². The van der Waals surface area contributed by atoms with Crippen LogP contribution >= 0.6 is 11.3 Å². The monoisotopic (exact) mass is 380 g/mol. The molecular formula is C21H24N4OS. The van der Waals surface area contributed by atoms with E-state index in [9.17, 15) is 0 Å². The summed E-state index contributed by atoms with van der Waals surface area (Å²) in [5, 5.41) is 1.17. The quantitative estimate of drug-likeness (QED) is 0.691. The molecule has 0 N–H and O–H groups in total. The molecule has 3 aromatic rings. The van der Waals surface area contributed by atoms with Crippen LogP contribution in [0.4, 0.5) is 5.82 Å². The van der Waals surface area contributed by atoms with Gasteiger partial charge in [0.25, 0.3) is 0 Å². The van der Waals surface area contributed by atoms with Crippen molar-refractivity contribution in [1.82, 2.24) is 14.9 Å². The molecule has 0 spiro atoms. The van der Waals surface area contributed by atoms with Gasteiger partial charge in [0.2, 0.25) is 0 Å². The number of aromatic nitrogens is 2. The minimum atomic E-state index is 0.438. The Bertz CT molecular complexity index is 899. The maximum absolute atomic E-state index is 5.80. The number of anilines is 1. The predicted molar refractivity (Wildman–Crippen MR) is 110 cm³/mol. The van der Waals surface area contributed by atoms with Crippen LogP contribution in [0, 0.1) is 0 Å². The number of thiophene rings is 1.